The first-order valence-corrected chi connectivity index (χ1v) is 9.68. The highest BCUT2D eigenvalue weighted by Gasteiger charge is 2.21. The molecule has 3 atom stereocenters. The molecule has 0 bridgehead atoms. The van der Waals surface area contributed by atoms with Crippen LogP contribution in [0.4, 0.5) is 0 Å². The van der Waals surface area contributed by atoms with E-state index in [4.69, 9.17) is 9.47 Å². The highest BCUT2D eigenvalue weighted by Crippen LogP contribution is 2.40. The van der Waals surface area contributed by atoms with Gasteiger partial charge in [-0.05, 0) is 10.9 Å². The van der Waals surface area contributed by atoms with Gasteiger partial charge in [0.2, 0.25) is 0 Å². The Morgan fingerprint density at radius 3 is 1.85 bits per heavy atom. The first kappa shape index (κ1) is 18.9. The van der Waals surface area contributed by atoms with Crippen LogP contribution in [0, 0.1) is 0 Å². The Labute approximate surface area is 160 Å². The molecule has 3 aromatic carbocycles. The molecule has 3 aromatic rings. The van der Waals surface area contributed by atoms with E-state index in [0.717, 1.165) is 44.4 Å². The zero-order valence-corrected chi connectivity index (χ0v) is 17.6. The SMILES string of the molecule is COc1c(P)cccc1C(C)c1cccc(-c2ccccc2P)c1OC. The molecule has 0 radical (unpaired) electrons. The Morgan fingerprint density at radius 2 is 1.19 bits per heavy atom. The molecule has 0 aromatic heterocycles. The summed E-state index contributed by atoms with van der Waals surface area (Å²) < 4.78 is 11.5. The molecule has 0 saturated heterocycles. The fourth-order valence-electron chi connectivity index (χ4n) is 3.40. The van der Waals surface area contributed by atoms with Crippen LogP contribution in [-0.4, -0.2) is 14.2 Å². The Kier molecular flexibility index (Phi) is 5.97. The minimum atomic E-state index is 0.136. The fraction of sp³-hybridized carbons (Fsp3) is 0.182. The van der Waals surface area contributed by atoms with Gasteiger partial charge in [0.05, 0.1) is 14.2 Å². The molecule has 3 rings (SSSR count). The molecule has 2 nitrogen and oxygen atoms in total. The predicted molar refractivity (Wildman–Crippen MR) is 118 cm³/mol. The maximum Gasteiger partial charge on any atom is 0.130 e. The number of rotatable bonds is 5. The van der Waals surface area contributed by atoms with Gasteiger partial charge < -0.3 is 9.47 Å². The van der Waals surface area contributed by atoms with E-state index in [2.05, 4.69) is 73.9 Å². The number of methoxy groups -OCH3 is 2. The third-order valence-corrected chi connectivity index (χ3v) is 5.67. The summed E-state index contributed by atoms with van der Waals surface area (Å²) in [7, 11) is 9.02. The second kappa shape index (κ2) is 8.21. The van der Waals surface area contributed by atoms with Crippen molar-refractivity contribution in [2.45, 2.75) is 12.8 Å². The Hall–Kier alpha value is -1.88. The number of para-hydroxylation sites is 2. The van der Waals surface area contributed by atoms with Crippen molar-refractivity contribution in [3.8, 4) is 22.6 Å². The molecule has 0 aliphatic carbocycles. The molecule has 3 unspecified atom stereocenters. The van der Waals surface area contributed by atoms with E-state index in [9.17, 15) is 0 Å². The highest BCUT2D eigenvalue weighted by molar-refractivity contribution is 7.28. The molecule has 0 aliphatic heterocycles. The van der Waals surface area contributed by atoms with Crippen LogP contribution in [0.25, 0.3) is 11.1 Å². The van der Waals surface area contributed by atoms with Gasteiger partial charge in [0.15, 0.2) is 0 Å². The van der Waals surface area contributed by atoms with E-state index in [1.54, 1.807) is 14.2 Å². The van der Waals surface area contributed by atoms with Gasteiger partial charge in [-0.25, -0.2) is 0 Å². The third kappa shape index (κ3) is 3.50. The van der Waals surface area contributed by atoms with Crippen LogP contribution in [0.3, 0.4) is 0 Å². The predicted octanol–water partition coefficient (Wildman–Crippen LogP) is 4.52. The summed E-state index contributed by atoms with van der Waals surface area (Å²) in [6.07, 6.45) is 0. The van der Waals surface area contributed by atoms with Gasteiger partial charge in [-0.2, -0.15) is 0 Å². The second-order valence-corrected chi connectivity index (χ2v) is 7.45. The van der Waals surface area contributed by atoms with Gasteiger partial charge in [0.25, 0.3) is 0 Å². The van der Waals surface area contributed by atoms with Crippen molar-refractivity contribution >= 4 is 29.1 Å². The molecular weight excluding hydrogens is 358 g/mol. The van der Waals surface area contributed by atoms with Gasteiger partial charge in [0.1, 0.15) is 11.5 Å². The summed E-state index contributed by atoms with van der Waals surface area (Å²) in [5.74, 6) is 1.95. The van der Waals surface area contributed by atoms with Crippen LogP contribution in [0.1, 0.15) is 24.0 Å². The van der Waals surface area contributed by atoms with Crippen molar-refractivity contribution in [2.24, 2.45) is 0 Å². The monoisotopic (exact) mass is 382 g/mol. The molecule has 134 valence electrons. The van der Waals surface area contributed by atoms with Crippen LogP contribution < -0.4 is 20.1 Å². The Bertz CT molecular complexity index is 922. The Morgan fingerprint density at radius 1 is 0.654 bits per heavy atom. The van der Waals surface area contributed by atoms with Crippen LogP contribution in [-0.2, 0) is 0 Å². The van der Waals surface area contributed by atoms with Crippen molar-refractivity contribution in [3.63, 3.8) is 0 Å². The van der Waals surface area contributed by atoms with Gasteiger partial charge in [-0.3, -0.25) is 0 Å². The van der Waals surface area contributed by atoms with Crippen molar-refractivity contribution in [1.82, 2.24) is 0 Å². The van der Waals surface area contributed by atoms with Gasteiger partial charge in [0, 0.05) is 27.9 Å². The molecule has 0 aliphatic rings. The lowest BCUT2D eigenvalue weighted by atomic mass is 9.89. The highest BCUT2D eigenvalue weighted by atomic mass is 31.0. The zero-order valence-electron chi connectivity index (χ0n) is 15.3. The van der Waals surface area contributed by atoms with Crippen LogP contribution in [0.15, 0.2) is 60.7 Å². The summed E-state index contributed by atoms with van der Waals surface area (Å²) in [4.78, 5) is 0. The standard InChI is InChI=1S/C22H24O2P2/c1-14(16-10-7-13-20(26)22(16)24-3)15-9-6-11-18(21(15)23-2)17-8-4-5-12-19(17)25/h4-14H,25-26H2,1-3H3. The molecule has 0 fully saturated rings. The van der Waals surface area contributed by atoms with Crippen molar-refractivity contribution in [2.75, 3.05) is 14.2 Å². The molecule has 26 heavy (non-hydrogen) atoms. The molecule has 0 N–H and O–H groups in total. The summed E-state index contributed by atoms with van der Waals surface area (Å²) in [5.41, 5.74) is 4.56. The van der Waals surface area contributed by atoms with E-state index in [1.165, 1.54) is 0 Å². The average molecular weight is 382 g/mol. The summed E-state index contributed by atoms with van der Waals surface area (Å²) >= 11 is 0. The van der Waals surface area contributed by atoms with Crippen molar-refractivity contribution < 1.29 is 9.47 Å². The van der Waals surface area contributed by atoms with Crippen LogP contribution in [0.2, 0.25) is 0 Å². The molecule has 0 saturated carbocycles. The smallest absolute Gasteiger partial charge is 0.130 e. The molecule has 0 spiro atoms. The lowest BCUT2D eigenvalue weighted by Crippen LogP contribution is -2.08. The average Bonchev–Trinajstić information content (AvgIpc) is 2.67. The lowest BCUT2D eigenvalue weighted by molar-refractivity contribution is 0.404. The normalized spacial score (nSPS) is 11.9. The summed E-state index contributed by atoms with van der Waals surface area (Å²) in [5, 5.41) is 2.21. The van der Waals surface area contributed by atoms with E-state index < -0.39 is 0 Å². The van der Waals surface area contributed by atoms with E-state index in [1.807, 2.05) is 12.1 Å². The van der Waals surface area contributed by atoms with Gasteiger partial charge >= 0.3 is 0 Å². The molecule has 0 heterocycles. The minimum absolute atomic E-state index is 0.136. The molecule has 4 heteroatoms. The summed E-state index contributed by atoms with van der Waals surface area (Å²) in [6.45, 7) is 2.19. The summed E-state index contributed by atoms with van der Waals surface area (Å²) in [6, 6.07) is 20.9. The maximum absolute atomic E-state index is 5.88. The quantitative estimate of drug-likeness (QED) is 0.604. The Balaban J connectivity index is 2.17. The fourth-order valence-corrected chi connectivity index (χ4v) is 4.15. The van der Waals surface area contributed by atoms with Crippen molar-refractivity contribution in [3.05, 3.63) is 71.8 Å². The maximum atomic E-state index is 5.88. The van der Waals surface area contributed by atoms with E-state index in [0.29, 0.717) is 0 Å². The zero-order chi connectivity index (χ0) is 18.7. The van der Waals surface area contributed by atoms with Gasteiger partial charge in [-0.15, -0.1) is 18.5 Å². The number of benzene rings is 3. The molecular formula is C22H24O2P2. The van der Waals surface area contributed by atoms with Crippen LogP contribution >= 0.6 is 18.5 Å². The number of ether oxygens (including phenoxy) is 2. The molecule has 0 amide bonds. The van der Waals surface area contributed by atoms with E-state index in [-0.39, 0.29) is 5.92 Å². The third-order valence-electron chi connectivity index (χ3n) is 4.71. The number of hydrogen-bond acceptors (Lipinski definition) is 2. The number of hydrogen-bond donors (Lipinski definition) is 0. The lowest BCUT2D eigenvalue weighted by Gasteiger charge is -2.22. The minimum Gasteiger partial charge on any atom is -0.496 e. The van der Waals surface area contributed by atoms with Crippen molar-refractivity contribution in [1.29, 1.82) is 0 Å². The van der Waals surface area contributed by atoms with Gasteiger partial charge in [-0.1, -0.05) is 67.6 Å². The first-order chi connectivity index (χ1) is 12.6. The first-order valence-electron chi connectivity index (χ1n) is 8.52. The van der Waals surface area contributed by atoms with E-state index >= 15 is 0 Å². The van der Waals surface area contributed by atoms with Crippen LogP contribution in [0.5, 0.6) is 11.5 Å². The second-order valence-electron chi connectivity index (χ2n) is 6.21. The largest absolute Gasteiger partial charge is 0.496 e. The topological polar surface area (TPSA) is 18.5 Å².